The number of carbonyl (C=O) groups is 1. The zero-order valence-corrected chi connectivity index (χ0v) is 12.3. The van der Waals surface area contributed by atoms with Gasteiger partial charge >= 0.3 is 5.97 Å². The lowest BCUT2D eigenvalue weighted by Crippen LogP contribution is -2.14. The van der Waals surface area contributed by atoms with Crippen LogP contribution in [0.5, 0.6) is 0 Å². The summed E-state index contributed by atoms with van der Waals surface area (Å²) in [6, 6.07) is 4.55. The van der Waals surface area contributed by atoms with E-state index in [1.807, 2.05) is 0 Å². The first-order valence-corrected chi connectivity index (χ1v) is 6.88. The van der Waals surface area contributed by atoms with Crippen molar-refractivity contribution in [2.45, 2.75) is 11.8 Å². The molecule has 0 radical (unpaired) electrons. The molecule has 0 aliphatic heterocycles. The standard InChI is InChI=1S/C11H12BrNO4S/c1-7(11(14)17-2)6-18-10-4-3-8(13(15)16)5-9(10)12/h3-5,7H,6H2,1-2H3. The Hall–Kier alpha value is -1.08. The van der Waals surface area contributed by atoms with Crippen molar-refractivity contribution < 1.29 is 14.5 Å². The van der Waals surface area contributed by atoms with Gasteiger partial charge in [-0.05, 0) is 22.0 Å². The van der Waals surface area contributed by atoms with Gasteiger partial charge in [0, 0.05) is 27.3 Å². The predicted octanol–water partition coefficient (Wildman–Crippen LogP) is 3.26. The molecule has 1 atom stereocenters. The number of methoxy groups -OCH3 is 1. The number of rotatable bonds is 5. The van der Waals surface area contributed by atoms with Gasteiger partial charge in [0.2, 0.25) is 0 Å². The van der Waals surface area contributed by atoms with Crippen LogP contribution < -0.4 is 0 Å². The highest BCUT2D eigenvalue weighted by Crippen LogP contribution is 2.31. The molecule has 0 bridgehead atoms. The average molecular weight is 334 g/mol. The predicted molar refractivity (Wildman–Crippen MR) is 72.7 cm³/mol. The minimum Gasteiger partial charge on any atom is -0.469 e. The summed E-state index contributed by atoms with van der Waals surface area (Å²) in [6.07, 6.45) is 0. The molecule has 1 rings (SSSR count). The number of nitro benzene ring substituents is 1. The fraction of sp³-hybridized carbons (Fsp3) is 0.364. The first kappa shape index (κ1) is 15.0. The highest BCUT2D eigenvalue weighted by Gasteiger charge is 2.15. The van der Waals surface area contributed by atoms with Gasteiger partial charge < -0.3 is 4.74 Å². The van der Waals surface area contributed by atoms with Gasteiger partial charge in [0.1, 0.15) is 0 Å². The quantitative estimate of drug-likeness (QED) is 0.358. The van der Waals surface area contributed by atoms with Gasteiger partial charge in [0.25, 0.3) is 5.69 Å². The molecule has 1 aromatic rings. The number of esters is 1. The summed E-state index contributed by atoms with van der Waals surface area (Å²) >= 11 is 4.73. The van der Waals surface area contributed by atoms with E-state index in [9.17, 15) is 14.9 Å². The third kappa shape index (κ3) is 3.99. The molecule has 98 valence electrons. The molecule has 0 saturated heterocycles. The summed E-state index contributed by atoms with van der Waals surface area (Å²) in [7, 11) is 1.35. The zero-order valence-electron chi connectivity index (χ0n) is 9.88. The fourth-order valence-corrected chi connectivity index (χ4v) is 2.84. The molecular formula is C11H12BrNO4S. The van der Waals surface area contributed by atoms with Gasteiger partial charge in [-0.3, -0.25) is 14.9 Å². The molecule has 0 fully saturated rings. The van der Waals surface area contributed by atoms with Crippen molar-refractivity contribution in [3.8, 4) is 0 Å². The maximum absolute atomic E-state index is 11.2. The maximum atomic E-state index is 11.2. The van der Waals surface area contributed by atoms with E-state index in [1.165, 1.54) is 31.0 Å². The van der Waals surface area contributed by atoms with E-state index in [4.69, 9.17) is 0 Å². The van der Waals surface area contributed by atoms with Crippen molar-refractivity contribution in [1.29, 1.82) is 0 Å². The third-order valence-electron chi connectivity index (χ3n) is 2.22. The number of nitro groups is 1. The number of benzene rings is 1. The maximum Gasteiger partial charge on any atom is 0.309 e. The molecular weight excluding hydrogens is 322 g/mol. The van der Waals surface area contributed by atoms with Crippen LogP contribution in [0.2, 0.25) is 0 Å². The average Bonchev–Trinajstić information content (AvgIpc) is 2.35. The van der Waals surface area contributed by atoms with Crippen LogP contribution in [0.3, 0.4) is 0 Å². The summed E-state index contributed by atoms with van der Waals surface area (Å²) in [4.78, 5) is 22.2. The topological polar surface area (TPSA) is 69.4 Å². The van der Waals surface area contributed by atoms with Crippen LogP contribution in [0.4, 0.5) is 5.69 Å². The lowest BCUT2D eigenvalue weighted by molar-refractivity contribution is -0.385. The lowest BCUT2D eigenvalue weighted by atomic mass is 10.2. The van der Waals surface area contributed by atoms with E-state index in [2.05, 4.69) is 20.7 Å². The van der Waals surface area contributed by atoms with E-state index >= 15 is 0 Å². The lowest BCUT2D eigenvalue weighted by Gasteiger charge is -2.09. The van der Waals surface area contributed by atoms with Gasteiger partial charge in [-0.2, -0.15) is 0 Å². The second-order valence-corrected chi connectivity index (χ2v) is 5.52. The SMILES string of the molecule is COC(=O)C(C)CSc1ccc([N+](=O)[O-])cc1Br. The molecule has 0 aliphatic carbocycles. The molecule has 0 aliphatic rings. The minimum absolute atomic E-state index is 0.0345. The van der Waals surface area contributed by atoms with E-state index in [-0.39, 0.29) is 17.6 Å². The molecule has 1 unspecified atom stereocenters. The van der Waals surface area contributed by atoms with Gasteiger partial charge in [0.05, 0.1) is 18.0 Å². The van der Waals surface area contributed by atoms with Crippen LogP contribution >= 0.6 is 27.7 Å². The second-order valence-electron chi connectivity index (χ2n) is 3.61. The van der Waals surface area contributed by atoms with Crippen molar-refractivity contribution in [1.82, 2.24) is 0 Å². The molecule has 1 aromatic carbocycles. The second kappa shape index (κ2) is 6.75. The number of halogens is 1. The fourth-order valence-electron chi connectivity index (χ4n) is 1.20. The van der Waals surface area contributed by atoms with Crippen LogP contribution in [0.1, 0.15) is 6.92 Å². The zero-order chi connectivity index (χ0) is 13.7. The first-order valence-electron chi connectivity index (χ1n) is 5.10. The van der Waals surface area contributed by atoms with Crippen LogP contribution in [0.25, 0.3) is 0 Å². The highest BCUT2D eigenvalue weighted by atomic mass is 79.9. The monoisotopic (exact) mass is 333 g/mol. The summed E-state index contributed by atoms with van der Waals surface area (Å²) in [5.41, 5.74) is 0.0345. The Morgan fingerprint density at radius 1 is 1.61 bits per heavy atom. The van der Waals surface area contributed by atoms with Crippen LogP contribution in [0.15, 0.2) is 27.6 Å². The van der Waals surface area contributed by atoms with Crippen LogP contribution in [-0.2, 0) is 9.53 Å². The van der Waals surface area contributed by atoms with Crippen LogP contribution in [0, 0.1) is 16.0 Å². The number of ether oxygens (including phenoxy) is 1. The molecule has 0 saturated carbocycles. The number of thioether (sulfide) groups is 1. The number of carbonyl (C=O) groups excluding carboxylic acids is 1. The van der Waals surface area contributed by atoms with E-state index < -0.39 is 4.92 Å². The Bertz CT molecular complexity index is 466. The molecule has 0 N–H and O–H groups in total. The molecule has 5 nitrogen and oxygen atoms in total. The smallest absolute Gasteiger partial charge is 0.309 e. The van der Waals surface area contributed by atoms with Crippen molar-refractivity contribution in [3.05, 3.63) is 32.8 Å². The van der Waals surface area contributed by atoms with Gasteiger partial charge in [-0.25, -0.2) is 0 Å². The number of non-ortho nitro benzene ring substituents is 1. The minimum atomic E-state index is -0.448. The van der Waals surface area contributed by atoms with Gasteiger partial charge in [0.15, 0.2) is 0 Å². The molecule has 0 amide bonds. The van der Waals surface area contributed by atoms with E-state index in [0.29, 0.717) is 10.2 Å². The van der Waals surface area contributed by atoms with Crippen molar-refractivity contribution in [3.63, 3.8) is 0 Å². The van der Waals surface area contributed by atoms with Crippen molar-refractivity contribution >= 4 is 39.3 Å². The number of hydrogen-bond acceptors (Lipinski definition) is 5. The Labute approximate surface area is 117 Å². The van der Waals surface area contributed by atoms with E-state index in [0.717, 1.165) is 4.90 Å². The third-order valence-corrected chi connectivity index (χ3v) is 4.47. The number of hydrogen-bond donors (Lipinski definition) is 0. The Balaban J connectivity index is 2.69. The first-order chi connectivity index (χ1) is 8.45. The molecule has 7 heteroatoms. The van der Waals surface area contributed by atoms with E-state index in [1.54, 1.807) is 13.0 Å². The molecule has 0 heterocycles. The summed E-state index contributed by atoms with van der Waals surface area (Å²) in [5, 5.41) is 10.6. The van der Waals surface area contributed by atoms with Crippen LogP contribution in [-0.4, -0.2) is 23.8 Å². The highest BCUT2D eigenvalue weighted by molar-refractivity contribution is 9.10. The summed E-state index contributed by atoms with van der Waals surface area (Å²) in [5.74, 6) is 0.0749. The van der Waals surface area contributed by atoms with Gasteiger partial charge in [-0.1, -0.05) is 6.92 Å². The molecule has 0 aromatic heterocycles. The summed E-state index contributed by atoms with van der Waals surface area (Å²) in [6.45, 7) is 1.78. The van der Waals surface area contributed by atoms with Crippen molar-refractivity contribution in [2.75, 3.05) is 12.9 Å². The number of nitrogens with zero attached hydrogens (tertiary/aromatic N) is 1. The van der Waals surface area contributed by atoms with Crippen molar-refractivity contribution in [2.24, 2.45) is 5.92 Å². The Kier molecular flexibility index (Phi) is 5.61. The summed E-state index contributed by atoms with van der Waals surface area (Å²) < 4.78 is 5.28. The Morgan fingerprint density at radius 3 is 2.78 bits per heavy atom. The van der Waals surface area contributed by atoms with Gasteiger partial charge in [-0.15, -0.1) is 11.8 Å². The largest absolute Gasteiger partial charge is 0.469 e. The Morgan fingerprint density at radius 2 is 2.28 bits per heavy atom. The molecule has 0 spiro atoms. The normalized spacial score (nSPS) is 11.9. The molecule has 18 heavy (non-hydrogen) atoms.